The van der Waals surface area contributed by atoms with Crippen molar-refractivity contribution in [3.63, 3.8) is 0 Å². The maximum absolute atomic E-state index is 13.6. The lowest BCUT2D eigenvalue weighted by Crippen LogP contribution is -2.36. The van der Waals surface area contributed by atoms with Crippen molar-refractivity contribution < 1.29 is 24.1 Å². The second-order valence-electron chi connectivity index (χ2n) is 7.81. The zero-order valence-corrected chi connectivity index (χ0v) is 15.6. The van der Waals surface area contributed by atoms with Crippen molar-refractivity contribution in [1.29, 1.82) is 0 Å². The molecule has 2 aliphatic heterocycles. The third-order valence-electron chi connectivity index (χ3n) is 6.37. The van der Waals surface area contributed by atoms with Crippen LogP contribution < -0.4 is 14.8 Å². The highest BCUT2D eigenvalue weighted by molar-refractivity contribution is 6.04. The van der Waals surface area contributed by atoms with Crippen molar-refractivity contribution in [3.8, 4) is 17.2 Å². The second-order valence-corrected chi connectivity index (χ2v) is 7.81. The molecular formula is C22H23NO5. The number of fused-ring (bicyclic) bond motifs is 1. The number of nitrogens with one attached hydrogen (secondary N) is 1. The van der Waals surface area contributed by atoms with Crippen LogP contribution in [-0.2, 0) is 14.9 Å². The van der Waals surface area contributed by atoms with Gasteiger partial charge in [-0.2, -0.15) is 0 Å². The number of carbonyl (C=O) groups excluding carboxylic acids is 1. The van der Waals surface area contributed by atoms with Crippen molar-refractivity contribution in [2.75, 3.05) is 31.7 Å². The van der Waals surface area contributed by atoms with E-state index < -0.39 is 5.41 Å². The Bertz CT molecular complexity index is 921. The topological polar surface area (TPSA) is 77.0 Å². The Morgan fingerprint density at radius 3 is 2.61 bits per heavy atom. The first kappa shape index (κ1) is 17.4. The van der Waals surface area contributed by atoms with Crippen LogP contribution in [0.15, 0.2) is 42.5 Å². The first-order valence-corrected chi connectivity index (χ1v) is 9.72. The summed E-state index contributed by atoms with van der Waals surface area (Å²) in [4.78, 5) is 13.6. The van der Waals surface area contributed by atoms with Crippen LogP contribution in [0, 0.1) is 5.41 Å². The Kier molecular flexibility index (Phi) is 3.98. The lowest BCUT2D eigenvalue weighted by Gasteiger charge is -2.30. The van der Waals surface area contributed by atoms with Gasteiger partial charge in [0.1, 0.15) is 19.0 Å². The number of anilines is 1. The van der Waals surface area contributed by atoms with E-state index in [1.54, 1.807) is 18.2 Å². The van der Waals surface area contributed by atoms with Gasteiger partial charge in [-0.05, 0) is 54.5 Å². The fourth-order valence-corrected chi connectivity index (χ4v) is 4.86. The number of phenols is 1. The molecule has 2 aromatic rings. The molecule has 6 nitrogen and oxygen atoms in total. The molecule has 146 valence electrons. The van der Waals surface area contributed by atoms with Crippen molar-refractivity contribution >= 4 is 11.6 Å². The molecule has 1 amide bonds. The van der Waals surface area contributed by atoms with Gasteiger partial charge in [-0.1, -0.05) is 18.2 Å². The van der Waals surface area contributed by atoms with E-state index in [-0.39, 0.29) is 17.1 Å². The lowest BCUT2D eigenvalue weighted by molar-refractivity contribution is -0.120. The van der Waals surface area contributed by atoms with E-state index in [4.69, 9.17) is 14.2 Å². The second kappa shape index (κ2) is 6.41. The Labute approximate surface area is 163 Å². The number of rotatable bonds is 3. The number of hydrogen-bond donors (Lipinski definition) is 2. The predicted molar refractivity (Wildman–Crippen MR) is 103 cm³/mol. The standard InChI is InChI=1S/C22H23NO5/c24-16-4-1-3-15(13-16)22(14-21(22)7-9-26-10-8-21)20(25)23-17-5-2-6-18-19(17)28-12-11-27-18/h1-6,13,24H,7-12,14H2,(H,23,25). The van der Waals surface area contributed by atoms with E-state index in [1.807, 2.05) is 24.3 Å². The fraction of sp³-hybridized carbons (Fsp3) is 0.409. The van der Waals surface area contributed by atoms with Gasteiger partial charge in [0.2, 0.25) is 5.91 Å². The average Bonchev–Trinajstić information content (AvgIpc) is 3.37. The number of aromatic hydroxyl groups is 1. The smallest absolute Gasteiger partial charge is 0.235 e. The minimum absolute atomic E-state index is 0.0671. The van der Waals surface area contributed by atoms with Gasteiger partial charge in [-0.25, -0.2) is 0 Å². The Morgan fingerprint density at radius 1 is 1.00 bits per heavy atom. The molecule has 6 heteroatoms. The predicted octanol–water partition coefficient (Wildman–Crippen LogP) is 3.24. The normalized spacial score (nSPS) is 24.6. The highest BCUT2D eigenvalue weighted by atomic mass is 16.6. The summed E-state index contributed by atoms with van der Waals surface area (Å²) < 4.78 is 16.9. The molecule has 2 heterocycles. The van der Waals surface area contributed by atoms with Crippen LogP contribution in [0.3, 0.4) is 0 Å². The molecule has 0 radical (unpaired) electrons. The highest BCUT2D eigenvalue weighted by Crippen LogP contribution is 2.70. The fourth-order valence-electron chi connectivity index (χ4n) is 4.86. The maximum Gasteiger partial charge on any atom is 0.235 e. The van der Waals surface area contributed by atoms with E-state index in [0.29, 0.717) is 43.6 Å². The highest BCUT2D eigenvalue weighted by Gasteiger charge is 2.72. The summed E-state index contributed by atoms with van der Waals surface area (Å²) in [5.41, 5.74) is 0.674. The molecule has 3 aliphatic rings. The monoisotopic (exact) mass is 381 g/mol. The largest absolute Gasteiger partial charge is 0.508 e. The summed E-state index contributed by atoms with van der Waals surface area (Å²) in [7, 11) is 0. The van der Waals surface area contributed by atoms with E-state index in [9.17, 15) is 9.90 Å². The number of para-hydroxylation sites is 1. The molecule has 1 atom stereocenters. The minimum Gasteiger partial charge on any atom is -0.508 e. The molecule has 1 saturated heterocycles. The van der Waals surface area contributed by atoms with Crippen LogP contribution in [0.5, 0.6) is 17.2 Å². The number of amides is 1. The first-order valence-electron chi connectivity index (χ1n) is 9.72. The van der Waals surface area contributed by atoms with Gasteiger partial charge in [0.05, 0.1) is 11.1 Å². The molecule has 1 aliphatic carbocycles. The number of benzene rings is 2. The summed E-state index contributed by atoms with van der Waals surface area (Å²) in [6.07, 6.45) is 2.43. The van der Waals surface area contributed by atoms with Crippen molar-refractivity contribution in [2.24, 2.45) is 5.41 Å². The zero-order valence-electron chi connectivity index (χ0n) is 15.6. The van der Waals surface area contributed by atoms with E-state index in [0.717, 1.165) is 24.8 Å². The molecule has 1 spiro atoms. The number of ether oxygens (including phenoxy) is 3. The molecule has 2 fully saturated rings. The molecule has 1 saturated carbocycles. The van der Waals surface area contributed by atoms with Crippen LogP contribution in [0.25, 0.3) is 0 Å². The van der Waals surface area contributed by atoms with Gasteiger partial charge in [0.25, 0.3) is 0 Å². The van der Waals surface area contributed by atoms with Gasteiger partial charge in [0, 0.05) is 13.2 Å². The average molecular weight is 381 g/mol. The van der Waals surface area contributed by atoms with Crippen LogP contribution in [0.1, 0.15) is 24.8 Å². The van der Waals surface area contributed by atoms with Crippen molar-refractivity contribution in [3.05, 3.63) is 48.0 Å². The Balaban J connectivity index is 1.52. The van der Waals surface area contributed by atoms with E-state index in [1.165, 1.54) is 0 Å². The van der Waals surface area contributed by atoms with Crippen molar-refractivity contribution in [1.82, 2.24) is 0 Å². The summed E-state index contributed by atoms with van der Waals surface area (Å²) >= 11 is 0. The SMILES string of the molecule is O=C(Nc1cccc2c1OCCO2)C1(c2cccc(O)c2)CC12CCOCC2. The number of phenolic OH excluding ortho intramolecular Hbond substituents is 1. The molecule has 0 bridgehead atoms. The third kappa shape index (κ3) is 2.55. The van der Waals surface area contributed by atoms with Crippen LogP contribution >= 0.6 is 0 Å². The van der Waals surface area contributed by atoms with Gasteiger partial charge in [0.15, 0.2) is 11.5 Å². The molecule has 0 aromatic heterocycles. The van der Waals surface area contributed by atoms with Gasteiger partial charge < -0.3 is 24.6 Å². The zero-order chi connectivity index (χ0) is 19.2. The molecule has 2 aromatic carbocycles. The minimum atomic E-state index is -0.673. The van der Waals surface area contributed by atoms with E-state index >= 15 is 0 Å². The molecule has 28 heavy (non-hydrogen) atoms. The molecule has 1 unspecified atom stereocenters. The summed E-state index contributed by atoms with van der Waals surface area (Å²) in [5.74, 6) is 1.33. The maximum atomic E-state index is 13.6. The summed E-state index contributed by atoms with van der Waals surface area (Å²) in [6, 6.07) is 12.6. The first-order chi connectivity index (χ1) is 13.6. The van der Waals surface area contributed by atoms with Gasteiger partial charge in [-0.3, -0.25) is 4.79 Å². The summed E-state index contributed by atoms with van der Waals surface area (Å²) in [5, 5.41) is 13.1. The van der Waals surface area contributed by atoms with Gasteiger partial charge in [-0.15, -0.1) is 0 Å². The Morgan fingerprint density at radius 2 is 1.79 bits per heavy atom. The molecule has 5 rings (SSSR count). The van der Waals surface area contributed by atoms with E-state index in [2.05, 4.69) is 5.32 Å². The number of hydrogen-bond acceptors (Lipinski definition) is 5. The number of carbonyl (C=O) groups is 1. The quantitative estimate of drug-likeness (QED) is 0.854. The van der Waals surface area contributed by atoms with Crippen LogP contribution in [-0.4, -0.2) is 37.4 Å². The molecule has 2 N–H and O–H groups in total. The lowest BCUT2D eigenvalue weighted by atomic mass is 9.80. The van der Waals surface area contributed by atoms with Crippen LogP contribution in [0.4, 0.5) is 5.69 Å². The summed E-state index contributed by atoms with van der Waals surface area (Å²) in [6.45, 7) is 2.27. The van der Waals surface area contributed by atoms with Crippen LogP contribution in [0.2, 0.25) is 0 Å². The molecular weight excluding hydrogens is 358 g/mol. The third-order valence-corrected chi connectivity index (χ3v) is 6.37. The Hall–Kier alpha value is -2.73. The van der Waals surface area contributed by atoms with Crippen molar-refractivity contribution in [2.45, 2.75) is 24.7 Å². The van der Waals surface area contributed by atoms with Gasteiger partial charge >= 0.3 is 0 Å².